The van der Waals surface area contributed by atoms with E-state index in [1.807, 2.05) is 13.8 Å². The first kappa shape index (κ1) is 25.2. The van der Waals surface area contributed by atoms with Gasteiger partial charge in [-0.15, -0.1) is 0 Å². The zero-order chi connectivity index (χ0) is 20.5. The van der Waals surface area contributed by atoms with E-state index in [2.05, 4.69) is 19.1 Å². The van der Waals surface area contributed by atoms with Gasteiger partial charge in [0.1, 0.15) is 0 Å². The maximum Gasteiger partial charge on any atom is 0.337 e. The number of carbonyl (C=O) groups is 1. The Hall–Kier alpha value is -0.870. The number of allylic oxidation sites excluding steroid dienone is 2. The second-order valence-electron chi connectivity index (χ2n) is 8.42. The van der Waals surface area contributed by atoms with E-state index in [-0.39, 0.29) is 5.97 Å². The molecule has 1 unspecified atom stereocenters. The average molecular weight is 397 g/mol. The molecule has 1 rings (SSSR count). The molecule has 1 heterocycles. The van der Waals surface area contributed by atoms with E-state index < -0.39 is 11.9 Å². The Morgan fingerprint density at radius 3 is 1.96 bits per heavy atom. The van der Waals surface area contributed by atoms with Crippen LogP contribution in [0.1, 0.15) is 111 Å². The third-order valence-electron chi connectivity index (χ3n) is 5.17. The van der Waals surface area contributed by atoms with Crippen LogP contribution in [0.4, 0.5) is 0 Å². The van der Waals surface area contributed by atoms with Gasteiger partial charge in [-0.05, 0) is 46.0 Å². The van der Waals surface area contributed by atoms with Gasteiger partial charge in [0.15, 0.2) is 11.9 Å². The first-order valence-corrected chi connectivity index (χ1v) is 11.7. The predicted octanol–water partition coefficient (Wildman–Crippen LogP) is 6.72. The van der Waals surface area contributed by atoms with Gasteiger partial charge in [0.05, 0.1) is 13.2 Å². The molecule has 0 aromatic carbocycles. The molecule has 0 saturated carbocycles. The molecular formula is C24H44O4. The Kier molecular flexibility index (Phi) is 14.4. The highest BCUT2D eigenvalue weighted by molar-refractivity contribution is 5.75. The van der Waals surface area contributed by atoms with E-state index in [1.165, 1.54) is 77.0 Å². The van der Waals surface area contributed by atoms with Gasteiger partial charge in [0.25, 0.3) is 0 Å². The molecule has 1 saturated heterocycles. The van der Waals surface area contributed by atoms with E-state index >= 15 is 0 Å². The third kappa shape index (κ3) is 13.3. The maximum absolute atomic E-state index is 11.9. The molecule has 0 radical (unpaired) electrons. The average Bonchev–Trinajstić information content (AvgIpc) is 3.04. The summed E-state index contributed by atoms with van der Waals surface area (Å²) in [5, 5.41) is 0. The highest BCUT2D eigenvalue weighted by Crippen LogP contribution is 2.23. The van der Waals surface area contributed by atoms with Gasteiger partial charge in [-0.3, -0.25) is 0 Å². The number of unbranched alkanes of at least 4 members (excludes halogenated alkanes) is 12. The van der Waals surface area contributed by atoms with E-state index in [1.54, 1.807) is 0 Å². The standard InChI is InChI=1S/C24H44O4/c1-4-5-6-7-8-9-10-11-12-13-14-15-16-17-18-19-20-26-23(25)22-21-27-24(2,3)28-22/h11-12,22H,4-10,13-21H2,1-3H3/b12-11-. The first-order valence-electron chi connectivity index (χ1n) is 11.7. The number of hydrogen-bond donors (Lipinski definition) is 0. The van der Waals surface area contributed by atoms with Crippen LogP contribution in [0.3, 0.4) is 0 Å². The topological polar surface area (TPSA) is 44.8 Å². The van der Waals surface area contributed by atoms with Gasteiger partial charge < -0.3 is 14.2 Å². The van der Waals surface area contributed by atoms with Crippen LogP contribution in [-0.4, -0.2) is 31.1 Å². The zero-order valence-electron chi connectivity index (χ0n) is 18.7. The third-order valence-corrected chi connectivity index (χ3v) is 5.17. The van der Waals surface area contributed by atoms with Crippen molar-refractivity contribution in [3.8, 4) is 0 Å². The van der Waals surface area contributed by atoms with Crippen LogP contribution < -0.4 is 0 Å². The van der Waals surface area contributed by atoms with Gasteiger partial charge in [-0.2, -0.15) is 0 Å². The van der Waals surface area contributed by atoms with Crippen molar-refractivity contribution in [2.24, 2.45) is 0 Å². The zero-order valence-corrected chi connectivity index (χ0v) is 18.7. The lowest BCUT2D eigenvalue weighted by Crippen LogP contribution is -2.28. The van der Waals surface area contributed by atoms with Crippen LogP contribution in [0.2, 0.25) is 0 Å². The highest BCUT2D eigenvalue weighted by atomic mass is 16.8. The summed E-state index contributed by atoms with van der Waals surface area (Å²) in [7, 11) is 0. The lowest BCUT2D eigenvalue weighted by Gasteiger charge is -2.16. The van der Waals surface area contributed by atoms with E-state index in [0.717, 1.165) is 12.8 Å². The van der Waals surface area contributed by atoms with Crippen molar-refractivity contribution in [3.05, 3.63) is 12.2 Å². The smallest absolute Gasteiger partial charge is 0.337 e. The summed E-state index contributed by atoms with van der Waals surface area (Å²) in [5.74, 6) is -0.967. The molecule has 1 aliphatic rings. The van der Waals surface area contributed by atoms with Crippen molar-refractivity contribution in [2.75, 3.05) is 13.2 Å². The van der Waals surface area contributed by atoms with Crippen molar-refractivity contribution >= 4 is 5.97 Å². The molecule has 1 fully saturated rings. The normalized spacial score (nSPS) is 18.8. The first-order chi connectivity index (χ1) is 13.5. The molecule has 0 aromatic rings. The molecule has 0 bridgehead atoms. The van der Waals surface area contributed by atoms with Crippen LogP contribution in [0.15, 0.2) is 12.2 Å². The molecule has 0 amide bonds. The molecular weight excluding hydrogens is 352 g/mol. The van der Waals surface area contributed by atoms with Crippen LogP contribution in [0, 0.1) is 0 Å². The summed E-state index contributed by atoms with van der Waals surface area (Å²) in [4.78, 5) is 11.9. The van der Waals surface area contributed by atoms with Crippen LogP contribution in [0.25, 0.3) is 0 Å². The summed E-state index contributed by atoms with van der Waals surface area (Å²) >= 11 is 0. The van der Waals surface area contributed by atoms with E-state index in [0.29, 0.717) is 13.2 Å². The second-order valence-corrected chi connectivity index (χ2v) is 8.42. The summed E-state index contributed by atoms with van der Waals surface area (Å²) in [6.07, 6.45) is 22.0. The largest absolute Gasteiger partial charge is 0.464 e. The van der Waals surface area contributed by atoms with Gasteiger partial charge in [-0.1, -0.05) is 76.9 Å². The predicted molar refractivity (Wildman–Crippen MR) is 115 cm³/mol. The Morgan fingerprint density at radius 2 is 1.43 bits per heavy atom. The summed E-state index contributed by atoms with van der Waals surface area (Å²) in [5.41, 5.74) is 0. The number of carbonyl (C=O) groups excluding carboxylic acids is 1. The van der Waals surface area contributed by atoms with Crippen molar-refractivity contribution in [3.63, 3.8) is 0 Å². The fourth-order valence-corrected chi connectivity index (χ4v) is 3.42. The van der Waals surface area contributed by atoms with Crippen LogP contribution >= 0.6 is 0 Å². The molecule has 4 heteroatoms. The van der Waals surface area contributed by atoms with Crippen LogP contribution in [-0.2, 0) is 19.0 Å². The fraction of sp³-hybridized carbons (Fsp3) is 0.875. The molecule has 164 valence electrons. The van der Waals surface area contributed by atoms with E-state index in [4.69, 9.17) is 14.2 Å². The number of ether oxygens (including phenoxy) is 3. The number of esters is 1. The number of rotatable bonds is 17. The lowest BCUT2D eigenvalue weighted by atomic mass is 10.1. The fourth-order valence-electron chi connectivity index (χ4n) is 3.42. The molecule has 4 nitrogen and oxygen atoms in total. The summed E-state index contributed by atoms with van der Waals surface area (Å²) < 4.78 is 16.2. The summed E-state index contributed by atoms with van der Waals surface area (Å²) in [6.45, 7) is 6.67. The van der Waals surface area contributed by atoms with Gasteiger partial charge in [-0.25, -0.2) is 4.79 Å². The molecule has 0 N–H and O–H groups in total. The molecule has 1 atom stereocenters. The Labute approximate surface area is 173 Å². The minimum Gasteiger partial charge on any atom is -0.464 e. The van der Waals surface area contributed by atoms with Crippen LogP contribution in [0.5, 0.6) is 0 Å². The van der Waals surface area contributed by atoms with Gasteiger partial charge >= 0.3 is 5.97 Å². The number of hydrogen-bond acceptors (Lipinski definition) is 4. The molecule has 0 aromatic heterocycles. The Balaban J connectivity index is 1.79. The van der Waals surface area contributed by atoms with Crippen molar-refractivity contribution in [1.29, 1.82) is 0 Å². The van der Waals surface area contributed by atoms with Crippen molar-refractivity contribution < 1.29 is 19.0 Å². The quantitative estimate of drug-likeness (QED) is 0.155. The second kappa shape index (κ2) is 16.0. The molecule has 1 aliphatic heterocycles. The van der Waals surface area contributed by atoms with Crippen molar-refractivity contribution in [2.45, 2.75) is 123 Å². The van der Waals surface area contributed by atoms with Gasteiger partial charge in [0, 0.05) is 0 Å². The van der Waals surface area contributed by atoms with Gasteiger partial charge in [0.2, 0.25) is 0 Å². The van der Waals surface area contributed by atoms with Crippen molar-refractivity contribution in [1.82, 2.24) is 0 Å². The molecule has 28 heavy (non-hydrogen) atoms. The Bertz CT molecular complexity index is 417. The maximum atomic E-state index is 11.9. The highest BCUT2D eigenvalue weighted by Gasteiger charge is 2.37. The molecule has 0 spiro atoms. The Morgan fingerprint density at radius 1 is 0.893 bits per heavy atom. The minimum atomic E-state index is -0.673. The monoisotopic (exact) mass is 396 g/mol. The minimum absolute atomic E-state index is 0.291. The summed E-state index contributed by atoms with van der Waals surface area (Å²) in [6, 6.07) is 0. The SMILES string of the molecule is CCCCCCCC/C=C\CCCCCCCCOC(=O)C1COC(C)(C)O1. The lowest BCUT2D eigenvalue weighted by molar-refractivity contribution is -0.170. The molecule has 0 aliphatic carbocycles. The van der Waals surface area contributed by atoms with E-state index in [9.17, 15) is 4.79 Å².